The van der Waals surface area contributed by atoms with E-state index in [1.165, 1.54) is 18.4 Å². The van der Waals surface area contributed by atoms with Crippen LogP contribution in [0.2, 0.25) is 0 Å². The van der Waals surface area contributed by atoms with Crippen molar-refractivity contribution in [2.75, 3.05) is 0 Å². The molecule has 0 heterocycles. The highest BCUT2D eigenvalue weighted by molar-refractivity contribution is 5.07. The fraction of sp³-hybridized carbons (Fsp3) is 0.733. The van der Waals surface area contributed by atoms with Gasteiger partial charge in [0, 0.05) is 5.54 Å². The second-order valence-corrected chi connectivity index (χ2v) is 5.93. The highest BCUT2D eigenvalue weighted by atomic mass is 16.3. The van der Waals surface area contributed by atoms with Crippen LogP contribution in [0.4, 0.5) is 0 Å². The van der Waals surface area contributed by atoms with E-state index in [2.05, 4.69) is 26.5 Å². The van der Waals surface area contributed by atoms with Crippen LogP contribution in [0, 0.1) is 5.92 Å². The Balaban J connectivity index is 2.48. The maximum Gasteiger partial charge on any atom is 0.0745 e. The van der Waals surface area contributed by atoms with E-state index in [9.17, 15) is 5.11 Å². The van der Waals surface area contributed by atoms with Gasteiger partial charge in [-0.1, -0.05) is 23.8 Å². The van der Waals surface area contributed by atoms with Gasteiger partial charge in [0.2, 0.25) is 0 Å². The Morgan fingerprint density at radius 2 is 2.35 bits per heavy atom. The molecule has 0 aromatic rings. The summed E-state index contributed by atoms with van der Waals surface area (Å²) >= 11 is 0. The van der Waals surface area contributed by atoms with Gasteiger partial charge < -0.3 is 10.8 Å². The summed E-state index contributed by atoms with van der Waals surface area (Å²) in [5.74, 6) is 0.545. The van der Waals surface area contributed by atoms with Gasteiger partial charge in [0.05, 0.1) is 6.10 Å². The van der Waals surface area contributed by atoms with E-state index < -0.39 is 6.10 Å². The monoisotopic (exact) mass is 237 g/mol. The summed E-state index contributed by atoms with van der Waals surface area (Å²) in [5, 5.41) is 9.76. The quantitative estimate of drug-likeness (QED) is 0.721. The van der Waals surface area contributed by atoms with Crippen molar-refractivity contribution in [3.8, 4) is 0 Å². The molecule has 1 aliphatic rings. The predicted octanol–water partition coefficient (Wildman–Crippen LogP) is 3.17. The van der Waals surface area contributed by atoms with Crippen LogP contribution in [0.3, 0.4) is 0 Å². The molecule has 0 saturated heterocycles. The van der Waals surface area contributed by atoms with Gasteiger partial charge in [-0.3, -0.25) is 0 Å². The van der Waals surface area contributed by atoms with Gasteiger partial charge >= 0.3 is 0 Å². The Hall–Kier alpha value is -0.600. The Kier molecular flexibility index (Phi) is 4.96. The van der Waals surface area contributed by atoms with Crippen LogP contribution in [0.5, 0.6) is 0 Å². The van der Waals surface area contributed by atoms with Crippen LogP contribution >= 0.6 is 0 Å². The van der Waals surface area contributed by atoms with E-state index >= 15 is 0 Å². The third-order valence-electron chi connectivity index (χ3n) is 4.10. The topological polar surface area (TPSA) is 46.2 Å². The van der Waals surface area contributed by atoms with Gasteiger partial charge in [0.25, 0.3) is 0 Å². The minimum Gasteiger partial charge on any atom is -0.389 e. The molecular formula is C15H27NO. The van der Waals surface area contributed by atoms with Gasteiger partial charge in [-0.25, -0.2) is 0 Å². The van der Waals surface area contributed by atoms with E-state index in [1.807, 2.05) is 6.92 Å². The zero-order valence-electron chi connectivity index (χ0n) is 11.5. The number of nitrogens with two attached hydrogens (primary N) is 1. The van der Waals surface area contributed by atoms with Crippen molar-refractivity contribution in [2.24, 2.45) is 11.7 Å². The summed E-state index contributed by atoms with van der Waals surface area (Å²) in [6.07, 6.45) is 6.92. The lowest BCUT2D eigenvalue weighted by atomic mass is 9.74. The van der Waals surface area contributed by atoms with Crippen LogP contribution < -0.4 is 5.73 Å². The largest absolute Gasteiger partial charge is 0.389 e. The van der Waals surface area contributed by atoms with Crippen LogP contribution in [-0.4, -0.2) is 16.7 Å². The molecule has 0 unspecified atom stereocenters. The van der Waals surface area contributed by atoms with Crippen molar-refractivity contribution in [3.05, 3.63) is 23.8 Å². The molecule has 0 amide bonds. The molecule has 98 valence electrons. The molecule has 0 bridgehead atoms. The number of allylic oxidation sites excluding steroid dienone is 2. The number of aliphatic hydroxyl groups excluding tert-OH is 1. The second kappa shape index (κ2) is 5.83. The molecule has 2 heteroatoms. The van der Waals surface area contributed by atoms with Crippen LogP contribution in [0.1, 0.15) is 52.9 Å². The van der Waals surface area contributed by atoms with Crippen LogP contribution in [0.15, 0.2) is 23.8 Å². The molecule has 0 fully saturated rings. The maximum atomic E-state index is 9.76. The third-order valence-corrected chi connectivity index (χ3v) is 4.10. The van der Waals surface area contributed by atoms with Crippen molar-refractivity contribution in [1.82, 2.24) is 0 Å². The zero-order chi connectivity index (χ0) is 13.1. The molecule has 0 aromatic carbocycles. The minimum absolute atomic E-state index is 0.173. The fourth-order valence-electron chi connectivity index (χ4n) is 2.46. The molecule has 0 saturated carbocycles. The molecule has 1 aliphatic carbocycles. The summed E-state index contributed by atoms with van der Waals surface area (Å²) in [6.45, 7) is 9.96. The first-order chi connectivity index (χ1) is 7.83. The number of hydrogen-bond acceptors (Lipinski definition) is 2. The summed E-state index contributed by atoms with van der Waals surface area (Å²) in [6, 6.07) is 0. The standard InChI is InChI=1S/C15H27NO/c1-11(2)14(17)9-10-15(4,16)13-7-5-12(3)6-8-13/h5,13-14,17H,1,6-10,16H2,2-4H3/t13-,14-,15-/m0/s1. The van der Waals surface area contributed by atoms with Crippen molar-refractivity contribution in [2.45, 2.75) is 64.5 Å². The number of hydrogen-bond donors (Lipinski definition) is 2. The van der Waals surface area contributed by atoms with Crippen LogP contribution in [0.25, 0.3) is 0 Å². The number of aliphatic hydroxyl groups is 1. The lowest BCUT2D eigenvalue weighted by molar-refractivity contribution is 0.166. The predicted molar refractivity (Wildman–Crippen MR) is 73.7 cm³/mol. The molecule has 2 nitrogen and oxygen atoms in total. The number of rotatable bonds is 5. The van der Waals surface area contributed by atoms with E-state index in [1.54, 1.807) is 0 Å². The summed E-state index contributed by atoms with van der Waals surface area (Å²) in [4.78, 5) is 0. The zero-order valence-corrected chi connectivity index (χ0v) is 11.5. The molecule has 17 heavy (non-hydrogen) atoms. The molecule has 0 radical (unpaired) electrons. The van der Waals surface area contributed by atoms with Gasteiger partial charge in [-0.2, -0.15) is 0 Å². The summed E-state index contributed by atoms with van der Waals surface area (Å²) < 4.78 is 0. The Labute approximate surface area is 106 Å². The Morgan fingerprint density at radius 1 is 1.71 bits per heavy atom. The fourth-order valence-corrected chi connectivity index (χ4v) is 2.46. The Bertz CT molecular complexity index is 304. The molecule has 0 aliphatic heterocycles. The minimum atomic E-state index is -0.404. The second-order valence-electron chi connectivity index (χ2n) is 5.93. The van der Waals surface area contributed by atoms with E-state index in [4.69, 9.17) is 5.73 Å². The molecule has 0 aromatic heterocycles. The maximum absolute atomic E-state index is 9.76. The Morgan fingerprint density at radius 3 is 2.82 bits per heavy atom. The average Bonchev–Trinajstić information content (AvgIpc) is 2.26. The van der Waals surface area contributed by atoms with Crippen molar-refractivity contribution in [1.29, 1.82) is 0 Å². The molecule has 0 spiro atoms. The van der Waals surface area contributed by atoms with E-state index in [0.717, 1.165) is 24.8 Å². The van der Waals surface area contributed by atoms with Crippen molar-refractivity contribution < 1.29 is 5.11 Å². The lowest BCUT2D eigenvalue weighted by Crippen LogP contribution is -2.45. The van der Waals surface area contributed by atoms with Crippen LogP contribution in [-0.2, 0) is 0 Å². The molecule has 3 N–H and O–H groups in total. The summed E-state index contributed by atoms with van der Waals surface area (Å²) in [7, 11) is 0. The smallest absolute Gasteiger partial charge is 0.0745 e. The van der Waals surface area contributed by atoms with E-state index in [0.29, 0.717) is 5.92 Å². The average molecular weight is 237 g/mol. The molecular weight excluding hydrogens is 210 g/mol. The first-order valence-corrected chi connectivity index (χ1v) is 6.61. The van der Waals surface area contributed by atoms with Crippen molar-refractivity contribution >= 4 is 0 Å². The van der Waals surface area contributed by atoms with Gasteiger partial charge in [0.15, 0.2) is 0 Å². The normalized spacial score (nSPS) is 25.9. The first-order valence-electron chi connectivity index (χ1n) is 6.61. The highest BCUT2D eigenvalue weighted by Gasteiger charge is 2.30. The van der Waals surface area contributed by atoms with Gasteiger partial charge in [-0.05, 0) is 58.8 Å². The summed E-state index contributed by atoms with van der Waals surface area (Å²) in [5.41, 5.74) is 8.56. The molecule has 3 atom stereocenters. The molecule has 1 rings (SSSR count). The first kappa shape index (κ1) is 14.5. The van der Waals surface area contributed by atoms with E-state index in [-0.39, 0.29) is 5.54 Å². The van der Waals surface area contributed by atoms with Gasteiger partial charge in [-0.15, -0.1) is 0 Å². The van der Waals surface area contributed by atoms with Gasteiger partial charge in [0.1, 0.15) is 0 Å². The highest BCUT2D eigenvalue weighted by Crippen LogP contribution is 2.33. The SMILES string of the molecule is C=C(C)[C@@H](O)CC[C@](C)(N)[C@H]1CC=C(C)CC1. The van der Waals surface area contributed by atoms with Crippen molar-refractivity contribution in [3.63, 3.8) is 0 Å². The third kappa shape index (κ3) is 4.29. The lowest BCUT2D eigenvalue weighted by Gasteiger charge is -2.36.